The maximum atomic E-state index is 11.4. The summed E-state index contributed by atoms with van der Waals surface area (Å²) in [7, 11) is 1.46. The number of likely N-dealkylation sites (tertiary alicyclic amines) is 1. The molecule has 0 aromatic carbocycles. The van der Waals surface area contributed by atoms with Gasteiger partial charge < -0.3 is 10.1 Å². The Morgan fingerprint density at radius 3 is 3.07 bits per heavy atom. The van der Waals surface area contributed by atoms with Crippen molar-refractivity contribution >= 4 is 5.97 Å². The summed E-state index contributed by atoms with van der Waals surface area (Å²) in [6.07, 6.45) is 1.21. The van der Waals surface area contributed by atoms with Crippen molar-refractivity contribution in [3.8, 4) is 0 Å². The molecule has 0 aromatic rings. The zero-order valence-corrected chi connectivity index (χ0v) is 8.82. The van der Waals surface area contributed by atoms with Crippen molar-refractivity contribution in [1.82, 2.24) is 10.2 Å². The lowest BCUT2D eigenvalue weighted by Gasteiger charge is -2.27. The van der Waals surface area contributed by atoms with E-state index in [4.69, 9.17) is 4.74 Å². The summed E-state index contributed by atoms with van der Waals surface area (Å²) in [6, 6.07) is 0.457. The van der Waals surface area contributed by atoms with E-state index in [1.807, 2.05) is 6.92 Å². The number of nitrogens with one attached hydrogen (secondary N) is 1. The summed E-state index contributed by atoms with van der Waals surface area (Å²) in [6.45, 7) is 5.10. The molecule has 0 aromatic heterocycles. The van der Waals surface area contributed by atoms with Crippen molar-refractivity contribution in [2.45, 2.75) is 25.4 Å². The van der Waals surface area contributed by atoms with Crippen molar-refractivity contribution in [2.75, 3.05) is 26.7 Å². The lowest BCUT2D eigenvalue weighted by molar-refractivity contribution is -0.146. The van der Waals surface area contributed by atoms with Crippen LogP contribution in [0.3, 0.4) is 0 Å². The van der Waals surface area contributed by atoms with Gasteiger partial charge in [-0.25, -0.2) is 0 Å². The number of methoxy groups -OCH3 is 1. The van der Waals surface area contributed by atoms with Gasteiger partial charge in [-0.05, 0) is 32.4 Å². The Morgan fingerprint density at radius 1 is 1.57 bits per heavy atom. The minimum atomic E-state index is -0.113. The monoisotopic (exact) mass is 198 g/mol. The van der Waals surface area contributed by atoms with Crippen molar-refractivity contribution in [3.63, 3.8) is 0 Å². The van der Waals surface area contributed by atoms with Crippen molar-refractivity contribution in [2.24, 2.45) is 5.92 Å². The summed E-state index contributed by atoms with van der Waals surface area (Å²) < 4.78 is 4.77. The average Bonchev–Trinajstić information content (AvgIpc) is 2.76. The molecule has 14 heavy (non-hydrogen) atoms. The van der Waals surface area contributed by atoms with Crippen LogP contribution < -0.4 is 5.32 Å². The Balaban J connectivity index is 2.01. The average molecular weight is 198 g/mol. The van der Waals surface area contributed by atoms with Gasteiger partial charge in [0.2, 0.25) is 0 Å². The molecule has 2 saturated heterocycles. The van der Waals surface area contributed by atoms with Gasteiger partial charge in [0.15, 0.2) is 0 Å². The molecular formula is C10H18N2O2. The molecular weight excluding hydrogens is 180 g/mol. The molecule has 2 rings (SSSR count). The van der Waals surface area contributed by atoms with Gasteiger partial charge in [0.05, 0.1) is 7.11 Å². The molecule has 2 aliphatic heterocycles. The smallest absolute Gasteiger partial charge is 0.322 e. The minimum absolute atomic E-state index is 0.0881. The van der Waals surface area contributed by atoms with E-state index in [-0.39, 0.29) is 12.0 Å². The maximum absolute atomic E-state index is 11.4. The summed E-state index contributed by atoms with van der Waals surface area (Å²) in [5, 5.41) is 3.37. The predicted molar refractivity (Wildman–Crippen MR) is 52.9 cm³/mol. The van der Waals surface area contributed by atoms with Gasteiger partial charge in [0.1, 0.15) is 6.04 Å². The highest BCUT2D eigenvalue weighted by atomic mass is 16.5. The highest BCUT2D eigenvalue weighted by Gasteiger charge is 2.41. The Morgan fingerprint density at radius 2 is 2.36 bits per heavy atom. The van der Waals surface area contributed by atoms with E-state index in [2.05, 4.69) is 10.2 Å². The van der Waals surface area contributed by atoms with Crippen LogP contribution in [0, 0.1) is 5.92 Å². The largest absolute Gasteiger partial charge is 0.468 e. The SMILES string of the molecule is COC(=O)C(C)N1CC[C@@H]2CNC[C@@H]21. The number of carbonyl (C=O) groups is 1. The highest BCUT2D eigenvalue weighted by molar-refractivity contribution is 5.75. The molecule has 3 atom stereocenters. The molecule has 0 spiro atoms. The van der Waals surface area contributed by atoms with Crippen LogP contribution >= 0.6 is 0 Å². The van der Waals surface area contributed by atoms with E-state index in [0.29, 0.717) is 6.04 Å². The predicted octanol–water partition coefficient (Wildman–Crippen LogP) is -0.158. The van der Waals surface area contributed by atoms with Crippen molar-refractivity contribution in [3.05, 3.63) is 0 Å². The van der Waals surface area contributed by atoms with Gasteiger partial charge in [0.25, 0.3) is 0 Å². The van der Waals surface area contributed by atoms with Crippen LogP contribution in [-0.2, 0) is 9.53 Å². The standard InChI is InChI=1S/C10H18N2O2/c1-7(10(13)14-2)12-4-3-8-5-11-6-9(8)12/h7-9,11H,3-6H2,1-2H3/t7?,8-,9+/m1/s1. The van der Waals surface area contributed by atoms with Crippen molar-refractivity contribution in [1.29, 1.82) is 0 Å². The van der Waals surface area contributed by atoms with Crippen LogP contribution in [-0.4, -0.2) is 49.7 Å². The fourth-order valence-corrected chi connectivity index (χ4v) is 2.67. The molecule has 2 heterocycles. The quantitative estimate of drug-likeness (QED) is 0.626. The van der Waals surface area contributed by atoms with Crippen LogP contribution in [0.15, 0.2) is 0 Å². The third-order valence-electron chi connectivity index (χ3n) is 3.53. The van der Waals surface area contributed by atoms with Gasteiger partial charge in [-0.3, -0.25) is 9.69 Å². The molecule has 1 N–H and O–H groups in total. The summed E-state index contributed by atoms with van der Waals surface area (Å²) in [5.41, 5.74) is 0. The van der Waals surface area contributed by atoms with Crippen LogP contribution in [0.25, 0.3) is 0 Å². The van der Waals surface area contributed by atoms with E-state index in [1.165, 1.54) is 13.5 Å². The zero-order chi connectivity index (χ0) is 10.1. The number of rotatable bonds is 2. The molecule has 4 heteroatoms. The normalized spacial score (nSPS) is 34.1. The fraction of sp³-hybridized carbons (Fsp3) is 0.900. The molecule has 80 valence electrons. The molecule has 2 fully saturated rings. The Labute approximate surface area is 84.6 Å². The number of esters is 1. The molecule has 0 bridgehead atoms. The van der Waals surface area contributed by atoms with E-state index in [0.717, 1.165) is 25.6 Å². The third-order valence-corrected chi connectivity index (χ3v) is 3.53. The van der Waals surface area contributed by atoms with Gasteiger partial charge >= 0.3 is 5.97 Å². The number of hydrogen-bond donors (Lipinski definition) is 1. The molecule has 2 aliphatic rings. The second kappa shape index (κ2) is 3.87. The van der Waals surface area contributed by atoms with Gasteiger partial charge in [-0.2, -0.15) is 0 Å². The van der Waals surface area contributed by atoms with E-state index < -0.39 is 0 Å². The fourth-order valence-electron chi connectivity index (χ4n) is 2.67. The molecule has 1 unspecified atom stereocenters. The number of nitrogens with zero attached hydrogens (tertiary/aromatic N) is 1. The topological polar surface area (TPSA) is 41.6 Å². The molecule has 4 nitrogen and oxygen atoms in total. The van der Waals surface area contributed by atoms with Crippen LogP contribution in [0.4, 0.5) is 0 Å². The van der Waals surface area contributed by atoms with E-state index in [9.17, 15) is 4.79 Å². The van der Waals surface area contributed by atoms with E-state index >= 15 is 0 Å². The molecule has 0 amide bonds. The first-order valence-electron chi connectivity index (χ1n) is 5.28. The van der Waals surface area contributed by atoms with Crippen molar-refractivity contribution < 1.29 is 9.53 Å². The molecule has 0 radical (unpaired) electrons. The second-order valence-corrected chi connectivity index (χ2v) is 4.21. The van der Waals surface area contributed by atoms with Gasteiger partial charge in [-0.1, -0.05) is 0 Å². The Hall–Kier alpha value is -0.610. The third kappa shape index (κ3) is 1.53. The summed E-state index contributed by atoms with van der Waals surface area (Å²) >= 11 is 0. The first kappa shape index (κ1) is 9.93. The first-order valence-corrected chi connectivity index (χ1v) is 5.28. The summed E-state index contributed by atoms with van der Waals surface area (Å²) in [5.74, 6) is 0.625. The maximum Gasteiger partial charge on any atom is 0.322 e. The zero-order valence-electron chi connectivity index (χ0n) is 8.82. The second-order valence-electron chi connectivity index (χ2n) is 4.21. The van der Waals surface area contributed by atoms with Gasteiger partial charge in [-0.15, -0.1) is 0 Å². The number of hydrogen-bond acceptors (Lipinski definition) is 4. The highest BCUT2D eigenvalue weighted by Crippen LogP contribution is 2.28. The van der Waals surface area contributed by atoms with Crippen LogP contribution in [0.1, 0.15) is 13.3 Å². The molecule has 0 saturated carbocycles. The molecule has 0 aliphatic carbocycles. The number of fused-ring (bicyclic) bond motifs is 1. The Bertz CT molecular complexity index is 232. The van der Waals surface area contributed by atoms with E-state index in [1.54, 1.807) is 0 Å². The summed E-state index contributed by atoms with van der Waals surface area (Å²) in [4.78, 5) is 13.7. The van der Waals surface area contributed by atoms with Crippen LogP contribution in [0.2, 0.25) is 0 Å². The number of carbonyl (C=O) groups excluding carboxylic acids is 1. The first-order chi connectivity index (χ1) is 6.74. The van der Waals surface area contributed by atoms with Gasteiger partial charge in [0, 0.05) is 12.6 Å². The minimum Gasteiger partial charge on any atom is -0.468 e. The number of ether oxygens (including phenoxy) is 1. The Kier molecular flexibility index (Phi) is 2.74. The lowest BCUT2D eigenvalue weighted by atomic mass is 10.0. The van der Waals surface area contributed by atoms with Crippen LogP contribution in [0.5, 0.6) is 0 Å². The lowest BCUT2D eigenvalue weighted by Crippen LogP contribution is -2.45.